The molecule has 0 saturated carbocycles. The number of halogens is 1. The molecule has 2 amide bonds. The van der Waals surface area contributed by atoms with Crippen LogP contribution in [0.25, 0.3) is 0 Å². The molecule has 0 spiro atoms. The van der Waals surface area contributed by atoms with Gasteiger partial charge in [-0.15, -0.1) is 0 Å². The van der Waals surface area contributed by atoms with E-state index >= 15 is 0 Å². The zero-order valence-electron chi connectivity index (χ0n) is 19.0. The second kappa shape index (κ2) is 10.8. The summed E-state index contributed by atoms with van der Waals surface area (Å²) in [5.41, 5.74) is -0.219. The van der Waals surface area contributed by atoms with Crippen molar-refractivity contribution in [2.24, 2.45) is 0 Å². The summed E-state index contributed by atoms with van der Waals surface area (Å²) >= 11 is 0. The minimum atomic E-state index is -0.674. The van der Waals surface area contributed by atoms with Crippen molar-refractivity contribution in [3.05, 3.63) is 29.6 Å². The summed E-state index contributed by atoms with van der Waals surface area (Å²) in [5.74, 6) is -0.218. The molecule has 0 aromatic heterocycles. The number of benzene rings is 1. The van der Waals surface area contributed by atoms with Crippen molar-refractivity contribution in [2.75, 3.05) is 20.3 Å². The maximum atomic E-state index is 14.5. The second-order valence-electron chi connectivity index (χ2n) is 8.71. The van der Waals surface area contributed by atoms with Crippen molar-refractivity contribution in [3.63, 3.8) is 0 Å². The van der Waals surface area contributed by atoms with E-state index in [0.717, 1.165) is 19.3 Å². The standard InChI is InChI=1S/C24H33FN2O5/c1-3-32-23(30)15-18-6-4-5-13-27(18)22(29)10-12-24(11-9-21(28)26-24)16-17-14-19(31-2)7-8-20(17)25/h7-8,14,18H,3-6,9-13,15-16H2,1-2H3,(H,26,28)/t18-,24-/m0/s1. The molecule has 8 heteroatoms. The lowest BCUT2D eigenvalue weighted by Gasteiger charge is -2.36. The van der Waals surface area contributed by atoms with Gasteiger partial charge in [0.2, 0.25) is 11.8 Å². The van der Waals surface area contributed by atoms with E-state index in [1.807, 2.05) is 0 Å². The number of nitrogens with zero attached hydrogens (tertiary/aromatic N) is 1. The number of piperidine rings is 1. The first-order chi connectivity index (χ1) is 15.4. The van der Waals surface area contributed by atoms with Crippen molar-refractivity contribution in [2.45, 2.75) is 76.3 Å². The Kier molecular flexibility index (Phi) is 8.10. The molecule has 2 heterocycles. The first kappa shape index (κ1) is 24.0. The van der Waals surface area contributed by atoms with Crippen LogP contribution in [0.3, 0.4) is 0 Å². The Balaban J connectivity index is 1.69. The van der Waals surface area contributed by atoms with Gasteiger partial charge in [-0.05, 0) is 69.2 Å². The van der Waals surface area contributed by atoms with Gasteiger partial charge in [0.15, 0.2) is 0 Å². The molecule has 0 radical (unpaired) electrons. The molecule has 1 aromatic rings. The Labute approximate surface area is 188 Å². The molecule has 7 nitrogen and oxygen atoms in total. The van der Waals surface area contributed by atoms with Crippen LogP contribution in [0.2, 0.25) is 0 Å². The van der Waals surface area contributed by atoms with Crippen LogP contribution >= 0.6 is 0 Å². The summed E-state index contributed by atoms with van der Waals surface area (Å²) in [6, 6.07) is 4.41. The second-order valence-corrected chi connectivity index (χ2v) is 8.71. The summed E-state index contributed by atoms with van der Waals surface area (Å²) in [4.78, 5) is 38.9. The summed E-state index contributed by atoms with van der Waals surface area (Å²) in [5, 5.41) is 3.01. The monoisotopic (exact) mass is 448 g/mol. The van der Waals surface area contributed by atoms with Gasteiger partial charge in [0, 0.05) is 31.0 Å². The van der Waals surface area contributed by atoms with E-state index in [4.69, 9.17) is 9.47 Å². The van der Waals surface area contributed by atoms with Crippen LogP contribution in [0.4, 0.5) is 4.39 Å². The fraction of sp³-hybridized carbons (Fsp3) is 0.625. The third kappa shape index (κ3) is 5.99. The molecule has 2 atom stereocenters. The highest BCUT2D eigenvalue weighted by atomic mass is 19.1. The summed E-state index contributed by atoms with van der Waals surface area (Å²) < 4.78 is 24.7. The van der Waals surface area contributed by atoms with E-state index in [-0.39, 0.29) is 42.5 Å². The number of methoxy groups -OCH3 is 1. The summed E-state index contributed by atoms with van der Waals surface area (Å²) in [7, 11) is 1.52. The minimum Gasteiger partial charge on any atom is -0.497 e. The number of likely N-dealkylation sites (tertiary alicyclic amines) is 1. The molecular formula is C24H33FN2O5. The topological polar surface area (TPSA) is 84.9 Å². The molecule has 1 N–H and O–H groups in total. The van der Waals surface area contributed by atoms with E-state index in [1.165, 1.54) is 13.2 Å². The lowest BCUT2D eigenvalue weighted by Crippen LogP contribution is -2.48. The number of carbonyl (C=O) groups excluding carboxylic acids is 3. The molecule has 2 fully saturated rings. The average Bonchev–Trinajstić information content (AvgIpc) is 3.14. The lowest BCUT2D eigenvalue weighted by molar-refractivity contribution is -0.146. The normalized spacial score (nSPS) is 23.0. The molecule has 1 aromatic carbocycles. The van der Waals surface area contributed by atoms with Crippen LogP contribution in [-0.2, 0) is 25.5 Å². The van der Waals surface area contributed by atoms with Gasteiger partial charge in [-0.2, -0.15) is 0 Å². The predicted molar refractivity (Wildman–Crippen MR) is 117 cm³/mol. The molecule has 2 aliphatic heterocycles. The van der Waals surface area contributed by atoms with Crippen LogP contribution in [-0.4, -0.2) is 54.5 Å². The lowest BCUT2D eigenvalue weighted by atomic mass is 9.84. The molecule has 2 aliphatic rings. The van der Waals surface area contributed by atoms with E-state index in [2.05, 4.69) is 5.32 Å². The molecule has 176 valence electrons. The number of rotatable bonds is 9. The fourth-order valence-corrected chi connectivity index (χ4v) is 4.80. The molecule has 32 heavy (non-hydrogen) atoms. The Morgan fingerprint density at radius 1 is 1.31 bits per heavy atom. The van der Waals surface area contributed by atoms with Crippen LogP contribution in [0.1, 0.15) is 63.9 Å². The third-order valence-electron chi connectivity index (χ3n) is 6.49. The predicted octanol–water partition coefficient (Wildman–Crippen LogP) is 3.14. The highest BCUT2D eigenvalue weighted by molar-refractivity contribution is 5.81. The SMILES string of the molecule is CCOC(=O)C[C@@H]1CCCCN1C(=O)CC[C@]1(Cc2cc(OC)ccc2F)CCC(=O)N1. The zero-order valence-corrected chi connectivity index (χ0v) is 19.0. The van der Waals surface area contributed by atoms with Gasteiger partial charge in [-0.25, -0.2) is 4.39 Å². The van der Waals surface area contributed by atoms with Crippen LogP contribution in [0.15, 0.2) is 18.2 Å². The smallest absolute Gasteiger partial charge is 0.307 e. The van der Waals surface area contributed by atoms with Gasteiger partial charge < -0.3 is 19.7 Å². The Hall–Kier alpha value is -2.64. The third-order valence-corrected chi connectivity index (χ3v) is 6.49. The van der Waals surface area contributed by atoms with E-state index in [0.29, 0.717) is 50.1 Å². The van der Waals surface area contributed by atoms with E-state index in [9.17, 15) is 18.8 Å². The van der Waals surface area contributed by atoms with Crippen LogP contribution in [0, 0.1) is 5.82 Å². The largest absolute Gasteiger partial charge is 0.497 e. The van der Waals surface area contributed by atoms with Gasteiger partial charge >= 0.3 is 5.97 Å². The first-order valence-corrected chi connectivity index (χ1v) is 11.4. The van der Waals surface area contributed by atoms with Crippen molar-refractivity contribution in [1.29, 1.82) is 0 Å². The van der Waals surface area contributed by atoms with E-state index in [1.54, 1.807) is 24.0 Å². The van der Waals surface area contributed by atoms with E-state index < -0.39 is 5.54 Å². The van der Waals surface area contributed by atoms with Crippen molar-refractivity contribution in [1.82, 2.24) is 10.2 Å². The van der Waals surface area contributed by atoms with Gasteiger partial charge in [-0.1, -0.05) is 0 Å². The van der Waals surface area contributed by atoms with Crippen LogP contribution < -0.4 is 10.1 Å². The molecule has 0 unspecified atom stereocenters. The maximum absolute atomic E-state index is 14.5. The van der Waals surface area contributed by atoms with Crippen LogP contribution in [0.5, 0.6) is 5.75 Å². The Morgan fingerprint density at radius 3 is 2.81 bits per heavy atom. The Morgan fingerprint density at radius 2 is 2.12 bits per heavy atom. The minimum absolute atomic E-state index is 0.0364. The molecule has 3 rings (SSSR count). The Bertz CT molecular complexity index is 846. The number of ether oxygens (including phenoxy) is 2. The average molecular weight is 449 g/mol. The first-order valence-electron chi connectivity index (χ1n) is 11.4. The van der Waals surface area contributed by atoms with Gasteiger partial charge in [0.1, 0.15) is 11.6 Å². The number of amides is 2. The molecule has 2 saturated heterocycles. The van der Waals surface area contributed by atoms with Gasteiger partial charge in [0.05, 0.1) is 20.1 Å². The number of carbonyl (C=O) groups is 3. The molecule has 0 bridgehead atoms. The fourth-order valence-electron chi connectivity index (χ4n) is 4.80. The summed E-state index contributed by atoms with van der Waals surface area (Å²) in [6.45, 7) is 2.71. The molecular weight excluding hydrogens is 415 g/mol. The van der Waals surface area contributed by atoms with Gasteiger partial charge in [0.25, 0.3) is 0 Å². The highest BCUT2D eigenvalue weighted by Gasteiger charge is 2.39. The zero-order chi connectivity index (χ0) is 23.1. The molecule has 0 aliphatic carbocycles. The quantitative estimate of drug-likeness (QED) is 0.587. The maximum Gasteiger partial charge on any atom is 0.307 e. The number of hydrogen-bond acceptors (Lipinski definition) is 5. The van der Waals surface area contributed by atoms with Crippen molar-refractivity contribution in [3.8, 4) is 5.75 Å². The van der Waals surface area contributed by atoms with Gasteiger partial charge in [-0.3, -0.25) is 14.4 Å². The number of nitrogens with one attached hydrogen (secondary N) is 1. The number of hydrogen-bond donors (Lipinski definition) is 1. The van der Waals surface area contributed by atoms with Crippen molar-refractivity contribution < 1.29 is 28.2 Å². The number of esters is 1. The highest BCUT2D eigenvalue weighted by Crippen LogP contribution is 2.32. The summed E-state index contributed by atoms with van der Waals surface area (Å²) in [6.07, 6.45) is 4.70. The van der Waals surface area contributed by atoms with Crippen molar-refractivity contribution >= 4 is 17.8 Å².